The van der Waals surface area contributed by atoms with Gasteiger partial charge in [-0.05, 0) is 48.0 Å². The summed E-state index contributed by atoms with van der Waals surface area (Å²) in [6.07, 6.45) is 3.02. The van der Waals surface area contributed by atoms with Crippen molar-refractivity contribution in [2.75, 3.05) is 13.7 Å². The summed E-state index contributed by atoms with van der Waals surface area (Å²) in [7, 11) is 1.40. The minimum atomic E-state index is -0.699. The van der Waals surface area contributed by atoms with Crippen LogP contribution in [0.15, 0.2) is 65.1 Å². The Balaban J connectivity index is 1.72. The number of methoxy groups -OCH3 is 1. The molecule has 11 heteroatoms. The van der Waals surface area contributed by atoms with Gasteiger partial charge in [-0.3, -0.25) is 20.2 Å². The standard InChI is InChI=1S/C23H17BrN2O8/c1-32-22-11-15(5-7-16-8-9-18(25(28)29)13-20(16)26(30)31)6-10-21(22)34-23(27)14-33-19-4-2-3-17(24)12-19/h2-13H,14H2,1H3. The highest BCUT2D eigenvalue weighted by atomic mass is 79.9. The van der Waals surface area contributed by atoms with E-state index in [0.717, 1.165) is 10.5 Å². The smallest absolute Gasteiger partial charge is 0.349 e. The first-order valence-electron chi connectivity index (χ1n) is 9.65. The van der Waals surface area contributed by atoms with E-state index in [2.05, 4.69) is 15.9 Å². The molecule has 174 valence electrons. The zero-order valence-corrected chi connectivity index (χ0v) is 19.3. The summed E-state index contributed by atoms with van der Waals surface area (Å²) in [5.74, 6) is 0.294. The first kappa shape index (κ1) is 24.4. The van der Waals surface area contributed by atoms with E-state index in [1.165, 1.54) is 31.4 Å². The van der Waals surface area contributed by atoms with Gasteiger partial charge in [-0.2, -0.15) is 0 Å². The second-order valence-corrected chi connectivity index (χ2v) is 7.64. The monoisotopic (exact) mass is 528 g/mol. The van der Waals surface area contributed by atoms with Crippen molar-refractivity contribution in [3.8, 4) is 17.2 Å². The van der Waals surface area contributed by atoms with E-state index in [0.29, 0.717) is 11.3 Å². The number of hydrogen-bond acceptors (Lipinski definition) is 8. The second kappa shape index (κ2) is 11.1. The van der Waals surface area contributed by atoms with E-state index in [-0.39, 0.29) is 29.4 Å². The van der Waals surface area contributed by atoms with E-state index >= 15 is 0 Å². The molecular weight excluding hydrogens is 512 g/mol. The summed E-state index contributed by atoms with van der Waals surface area (Å²) in [4.78, 5) is 32.9. The van der Waals surface area contributed by atoms with E-state index in [4.69, 9.17) is 14.2 Å². The minimum Gasteiger partial charge on any atom is -0.493 e. The van der Waals surface area contributed by atoms with Crippen molar-refractivity contribution in [2.45, 2.75) is 0 Å². The van der Waals surface area contributed by atoms with Crippen molar-refractivity contribution >= 4 is 45.4 Å². The van der Waals surface area contributed by atoms with Crippen molar-refractivity contribution in [2.24, 2.45) is 0 Å². The third kappa shape index (κ3) is 6.39. The Kier molecular flexibility index (Phi) is 7.93. The number of hydrogen-bond donors (Lipinski definition) is 0. The number of carbonyl (C=O) groups is 1. The molecule has 3 aromatic carbocycles. The summed E-state index contributed by atoms with van der Waals surface area (Å²) in [5.41, 5.74) is 0.0124. The number of rotatable bonds is 9. The lowest BCUT2D eigenvalue weighted by atomic mass is 10.1. The van der Waals surface area contributed by atoms with Crippen molar-refractivity contribution in [1.29, 1.82) is 0 Å². The zero-order valence-electron chi connectivity index (χ0n) is 17.7. The summed E-state index contributed by atoms with van der Waals surface area (Å²) in [5, 5.41) is 22.2. The molecule has 3 aromatic rings. The first-order valence-corrected chi connectivity index (χ1v) is 10.4. The van der Waals surface area contributed by atoms with E-state index < -0.39 is 21.5 Å². The number of halogens is 1. The van der Waals surface area contributed by atoms with Gasteiger partial charge in [-0.25, -0.2) is 4.79 Å². The Morgan fingerprint density at radius 2 is 1.76 bits per heavy atom. The van der Waals surface area contributed by atoms with Crippen LogP contribution in [0.1, 0.15) is 11.1 Å². The quantitative estimate of drug-likeness (QED) is 0.118. The Labute approximate surface area is 201 Å². The van der Waals surface area contributed by atoms with Gasteiger partial charge in [-0.1, -0.05) is 34.1 Å². The maximum Gasteiger partial charge on any atom is 0.349 e. The summed E-state index contributed by atoms with van der Waals surface area (Å²) in [6, 6.07) is 15.1. The van der Waals surface area contributed by atoms with Crippen LogP contribution in [0.4, 0.5) is 11.4 Å². The molecule has 0 radical (unpaired) electrons. The molecule has 0 aliphatic heterocycles. The molecule has 0 aliphatic rings. The molecule has 0 unspecified atom stereocenters. The summed E-state index contributed by atoms with van der Waals surface area (Å²) in [6.45, 7) is -0.314. The molecule has 34 heavy (non-hydrogen) atoms. The van der Waals surface area contributed by atoms with Crippen molar-refractivity contribution in [3.63, 3.8) is 0 Å². The molecule has 3 rings (SSSR count). The normalized spacial score (nSPS) is 10.6. The molecule has 0 aromatic heterocycles. The number of esters is 1. The summed E-state index contributed by atoms with van der Waals surface area (Å²) >= 11 is 3.32. The molecule has 0 bridgehead atoms. The molecular formula is C23H17BrN2O8. The summed E-state index contributed by atoms with van der Waals surface area (Å²) < 4.78 is 16.8. The van der Waals surface area contributed by atoms with Gasteiger partial charge in [0.25, 0.3) is 11.4 Å². The number of benzene rings is 3. The molecule has 0 spiro atoms. The van der Waals surface area contributed by atoms with E-state index in [1.807, 2.05) is 6.07 Å². The molecule has 0 saturated heterocycles. The van der Waals surface area contributed by atoms with Gasteiger partial charge in [-0.15, -0.1) is 0 Å². The number of carbonyl (C=O) groups excluding carboxylic acids is 1. The van der Waals surface area contributed by atoms with Crippen LogP contribution in [-0.4, -0.2) is 29.5 Å². The van der Waals surface area contributed by atoms with Crippen LogP contribution < -0.4 is 14.2 Å². The van der Waals surface area contributed by atoms with Crippen molar-refractivity contribution in [3.05, 3.63) is 96.5 Å². The van der Waals surface area contributed by atoms with Crippen LogP contribution in [0.2, 0.25) is 0 Å². The number of nitro benzene ring substituents is 2. The Morgan fingerprint density at radius 3 is 2.44 bits per heavy atom. The van der Waals surface area contributed by atoms with Gasteiger partial charge in [0.15, 0.2) is 18.1 Å². The lowest BCUT2D eigenvalue weighted by Gasteiger charge is -2.11. The Morgan fingerprint density at radius 1 is 0.971 bits per heavy atom. The predicted molar refractivity (Wildman–Crippen MR) is 127 cm³/mol. The average Bonchev–Trinajstić information content (AvgIpc) is 2.81. The molecule has 0 amide bonds. The zero-order chi connectivity index (χ0) is 24.7. The Bertz CT molecular complexity index is 1280. The van der Waals surface area contributed by atoms with Gasteiger partial charge in [0.2, 0.25) is 0 Å². The van der Waals surface area contributed by atoms with Crippen molar-refractivity contribution in [1.82, 2.24) is 0 Å². The lowest BCUT2D eigenvalue weighted by Crippen LogP contribution is -2.18. The van der Waals surface area contributed by atoms with Gasteiger partial charge < -0.3 is 14.2 Å². The SMILES string of the molecule is COc1cc(C=Cc2ccc([N+](=O)[O-])cc2[N+](=O)[O-])ccc1OC(=O)COc1cccc(Br)c1. The first-order chi connectivity index (χ1) is 16.3. The largest absolute Gasteiger partial charge is 0.493 e. The third-order valence-electron chi connectivity index (χ3n) is 4.44. The number of ether oxygens (including phenoxy) is 3. The highest BCUT2D eigenvalue weighted by Crippen LogP contribution is 2.30. The minimum absolute atomic E-state index is 0.170. The van der Waals surface area contributed by atoms with Gasteiger partial charge in [0.1, 0.15) is 5.75 Å². The van der Waals surface area contributed by atoms with Crippen molar-refractivity contribution < 1.29 is 28.9 Å². The fraction of sp³-hybridized carbons (Fsp3) is 0.0870. The topological polar surface area (TPSA) is 131 Å². The van der Waals surface area contributed by atoms with Crippen LogP contribution in [0.25, 0.3) is 12.2 Å². The maximum absolute atomic E-state index is 12.2. The van der Waals surface area contributed by atoms with E-state index in [1.54, 1.807) is 36.4 Å². The fourth-order valence-electron chi connectivity index (χ4n) is 2.85. The molecule has 0 N–H and O–H groups in total. The molecule has 0 aliphatic carbocycles. The number of non-ortho nitro benzene ring substituents is 1. The third-order valence-corrected chi connectivity index (χ3v) is 4.93. The van der Waals surface area contributed by atoms with Crippen LogP contribution in [0, 0.1) is 20.2 Å². The fourth-order valence-corrected chi connectivity index (χ4v) is 3.23. The molecule has 0 fully saturated rings. The lowest BCUT2D eigenvalue weighted by molar-refractivity contribution is -0.394. The van der Waals surface area contributed by atoms with Gasteiger partial charge in [0.05, 0.1) is 28.6 Å². The molecule has 0 saturated carbocycles. The second-order valence-electron chi connectivity index (χ2n) is 6.72. The maximum atomic E-state index is 12.2. The molecule has 0 atom stereocenters. The highest BCUT2D eigenvalue weighted by Gasteiger charge is 2.18. The molecule has 0 heterocycles. The van der Waals surface area contributed by atoms with Crippen LogP contribution in [0.3, 0.4) is 0 Å². The van der Waals surface area contributed by atoms with Gasteiger partial charge >= 0.3 is 5.97 Å². The molecule has 10 nitrogen and oxygen atoms in total. The van der Waals surface area contributed by atoms with Crippen LogP contribution >= 0.6 is 15.9 Å². The average molecular weight is 529 g/mol. The highest BCUT2D eigenvalue weighted by molar-refractivity contribution is 9.10. The van der Waals surface area contributed by atoms with Gasteiger partial charge in [0, 0.05) is 10.5 Å². The van der Waals surface area contributed by atoms with Crippen LogP contribution in [0.5, 0.6) is 17.2 Å². The number of nitrogens with zero attached hydrogens (tertiary/aromatic N) is 2. The van der Waals surface area contributed by atoms with Crippen LogP contribution in [-0.2, 0) is 4.79 Å². The Hall–Kier alpha value is -4.25. The predicted octanol–water partition coefficient (Wildman–Crippen LogP) is 5.43. The van der Waals surface area contributed by atoms with E-state index in [9.17, 15) is 25.0 Å². The number of nitro groups is 2.